The van der Waals surface area contributed by atoms with Gasteiger partial charge in [-0.25, -0.2) is 15.0 Å². The van der Waals surface area contributed by atoms with Gasteiger partial charge < -0.3 is 0 Å². The Morgan fingerprint density at radius 3 is 2.42 bits per heavy atom. The molecule has 0 atom stereocenters. The van der Waals surface area contributed by atoms with Crippen LogP contribution in [0.1, 0.15) is 32.0 Å². The van der Waals surface area contributed by atoms with Gasteiger partial charge in [0.25, 0.3) is 0 Å². The summed E-state index contributed by atoms with van der Waals surface area (Å²) in [5.74, 6) is 0. The van der Waals surface area contributed by atoms with Gasteiger partial charge >= 0.3 is 0 Å². The van der Waals surface area contributed by atoms with Crippen LogP contribution in [0.2, 0.25) is 0 Å². The summed E-state index contributed by atoms with van der Waals surface area (Å²) in [5, 5.41) is 5.52. The first-order valence-corrected chi connectivity index (χ1v) is 9.58. The number of rotatable bonds is 2. The number of aromatic nitrogens is 3. The lowest BCUT2D eigenvalue weighted by Crippen LogP contribution is -2.12. The number of hydrogen-bond acceptors (Lipinski definition) is 4. The molecule has 4 heteroatoms. The molecule has 4 aromatic rings. The minimum Gasteiger partial charge on any atom is -0.240 e. The Morgan fingerprint density at radius 2 is 1.69 bits per heavy atom. The number of fused-ring (bicyclic) bond motifs is 1. The van der Waals surface area contributed by atoms with Crippen molar-refractivity contribution >= 4 is 22.1 Å². The molecule has 26 heavy (non-hydrogen) atoms. The first kappa shape index (κ1) is 16.9. The molecule has 0 saturated carbocycles. The number of hydrogen-bond donors (Lipinski definition) is 0. The van der Waals surface area contributed by atoms with E-state index in [1.165, 1.54) is 16.3 Å². The third-order valence-corrected chi connectivity index (χ3v) is 5.45. The van der Waals surface area contributed by atoms with Crippen LogP contribution < -0.4 is 0 Å². The molecule has 0 amide bonds. The van der Waals surface area contributed by atoms with Crippen molar-refractivity contribution in [1.29, 1.82) is 0 Å². The predicted molar refractivity (Wildman–Crippen MR) is 110 cm³/mol. The summed E-state index contributed by atoms with van der Waals surface area (Å²) in [6.45, 7) is 8.76. The van der Waals surface area contributed by atoms with Crippen LogP contribution in [0.15, 0.2) is 54.2 Å². The molecule has 0 bridgehead atoms. The molecule has 3 nitrogen and oxygen atoms in total. The maximum absolute atomic E-state index is 4.55. The van der Waals surface area contributed by atoms with E-state index in [1.54, 1.807) is 17.7 Å². The molecule has 0 unspecified atom stereocenters. The average molecular weight is 359 g/mol. The van der Waals surface area contributed by atoms with E-state index in [2.05, 4.69) is 72.1 Å². The summed E-state index contributed by atoms with van der Waals surface area (Å²) < 4.78 is 0. The Hall–Kier alpha value is -2.59. The fraction of sp³-hybridized carbons (Fsp3) is 0.227. The van der Waals surface area contributed by atoms with Crippen LogP contribution >= 0.6 is 11.3 Å². The van der Waals surface area contributed by atoms with E-state index in [-0.39, 0.29) is 5.41 Å². The minimum absolute atomic E-state index is 0.0535. The lowest BCUT2D eigenvalue weighted by atomic mass is 9.82. The van der Waals surface area contributed by atoms with Gasteiger partial charge in [0.2, 0.25) is 0 Å². The summed E-state index contributed by atoms with van der Waals surface area (Å²) in [4.78, 5) is 13.5. The predicted octanol–water partition coefficient (Wildman–Crippen LogP) is 6.03. The van der Waals surface area contributed by atoms with Gasteiger partial charge in [-0.1, -0.05) is 45.0 Å². The molecule has 2 aromatic heterocycles. The number of thiazole rings is 1. The number of nitrogens with zero attached hydrogens (tertiary/aromatic N) is 3. The van der Waals surface area contributed by atoms with Crippen molar-refractivity contribution in [3.63, 3.8) is 0 Å². The van der Waals surface area contributed by atoms with Gasteiger partial charge in [-0.3, -0.25) is 0 Å². The molecule has 2 heterocycles. The van der Waals surface area contributed by atoms with Gasteiger partial charge in [0.05, 0.1) is 5.69 Å². The summed E-state index contributed by atoms with van der Waals surface area (Å²) in [7, 11) is 0. The first-order valence-electron chi connectivity index (χ1n) is 8.70. The van der Waals surface area contributed by atoms with E-state index in [9.17, 15) is 0 Å². The van der Waals surface area contributed by atoms with Crippen molar-refractivity contribution in [2.45, 2.75) is 33.1 Å². The van der Waals surface area contributed by atoms with Crippen LogP contribution in [0.3, 0.4) is 0 Å². The first-order chi connectivity index (χ1) is 12.4. The van der Waals surface area contributed by atoms with Gasteiger partial charge in [-0.05, 0) is 46.9 Å². The van der Waals surface area contributed by atoms with Gasteiger partial charge in [0.15, 0.2) is 0 Å². The molecule has 0 fully saturated rings. The largest absolute Gasteiger partial charge is 0.240 e. The molecule has 0 aliphatic rings. The maximum atomic E-state index is 4.55. The van der Waals surface area contributed by atoms with E-state index >= 15 is 0 Å². The van der Waals surface area contributed by atoms with Crippen molar-refractivity contribution in [1.82, 2.24) is 15.0 Å². The van der Waals surface area contributed by atoms with Crippen LogP contribution in [0.5, 0.6) is 0 Å². The topological polar surface area (TPSA) is 38.7 Å². The highest BCUT2D eigenvalue weighted by molar-refractivity contribution is 7.13. The quantitative estimate of drug-likeness (QED) is 0.439. The Labute approximate surface area is 157 Å². The van der Waals surface area contributed by atoms with Crippen molar-refractivity contribution in [3.05, 3.63) is 65.4 Å². The average Bonchev–Trinajstić information content (AvgIpc) is 3.06. The van der Waals surface area contributed by atoms with Crippen LogP contribution in [0.4, 0.5) is 0 Å². The van der Waals surface area contributed by atoms with Crippen LogP contribution in [0.25, 0.3) is 32.7 Å². The zero-order valence-corrected chi connectivity index (χ0v) is 16.3. The second-order valence-electron chi connectivity index (χ2n) is 7.58. The van der Waals surface area contributed by atoms with Gasteiger partial charge in [0, 0.05) is 16.6 Å². The summed E-state index contributed by atoms with van der Waals surface area (Å²) in [6, 6.07) is 15.1. The second-order valence-corrected chi connectivity index (χ2v) is 8.44. The molecule has 4 rings (SSSR count). The normalized spacial score (nSPS) is 11.8. The fourth-order valence-corrected chi connectivity index (χ4v) is 3.95. The van der Waals surface area contributed by atoms with Crippen LogP contribution in [-0.4, -0.2) is 15.0 Å². The highest BCUT2D eigenvalue weighted by Gasteiger charge is 2.19. The van der Waals surface area contributed by atoms with Crippen molar-refractivity contribution < 1.29 is 0 Å². The number of benzene rings is 2. The summed E-state index contributed by atoms with van der Waals surface area (Å²) in [5.41, 5.74) is 5.32. The molecule has 130 valence electrons. The second kappa shape index (κ2) is 6.29. The lowest BCUT2D eigenvalue weighted by Gasteiger charge is -2.22. The Kier molecular flexibility index (Phi) is 4.08. The van der Waals surface area contributed by atoms with Crippen LogP contribution in [-0.2, 0) is 5.41 Å². The zero-order valence-electron chi connectivity index (χ0n) is 15.4. The van der Waals surface area contributed by atoms with Gasteiger partial charge in [-0.15, -0.1) is 11.3 Å². The molecular formula is C22H21N3S. The monoisotopic (exact) mass is 359 g/mol. The Balaban J connectivity index is 1.90. The molecule has 0 aliphatic heterocycles. The smallest absolute Gasteiger partial charge is 0.142 e. The molecular weight excluding hydrogens is 338 g/mol. The molecule has 0 saturated heterocycles. The Morgan fingerprint density at radius 1 is 0.923 bits per heavy atom. The third-order valence-electron chi connectivity index (χ3n) is 4.47. The summed E-state index contributed by atoms with van der Waals surface area (Å²) in [6.07, 6.45) is 1.63. The highest BCUT2D eigenvalue weighted by Crippen LogP contribution is 2.35. The molecule has 2 aromatic carbocycles. The molecule has 0 N–H and O–H groups in total. The van der Waals surface area contributed by atoms with Crippen molar-refractivity contribution in [2.24, 2.45) is 0 Å². The molecule has 0 spiro atoms. The standard InChI is InChI=1S/C22H21N3S/c1-14-12-26-21(25-14)20-11-19(23-13-24-20)16-9-15-7-5-6-8-17(15)18(10-16)22(2,3)4/h5-13H,1-4H3. The van der Waals surface area contributed by atoms with E-state index in [4.69, 9.17) is 0 Å². The zero-order chi connectivity index (χ0) is 18.3. The summed E-state index contributed by atoms with van der Waals surface area (Å²) >= 11 is 1.62. The van der Waals surface area contributed by atoms with Crippen molar-refractivity contribution in [2.75, 3.05) is 0 Å². The highest BCUT2D eigenvalue weighted by atomic mass is 32.1. The minimum atomic E-state index is 0.0535. The lowest BCUT2D eigenvalue weighted by molar-refractivity contribution is 0.596. The third kappa shape index (κ3) is 3.13. The molecule has 0 radical (unpaired) electrons. The van der Waals surface area contributed by atoms with E-state index in [1.807, 2.05) is 18.4 Å². The molecule has 0 aliphatic carbocycles. The number of aryl methyl sites for hydroxylation is 1. The van der Waals surface area contributed by atoms with E-state index in [0.717, 1.165) is 27.7 Å². The van der Waals surface area contributed by atoms with E-state index < -0.39 is 0 Å². The SMILES string of the molecule is Cc1csc(-c2cc(-c3cc(C(C)(C)C)c4ccccc4c3)ncn2)n1. The fourth-order valence-electron chi connectivity index (χ4n) is 3.18. The Bertz CT molecular complexity index is 1090. The van der Waals surface area contributed by atoms with Gasteiger partial charge in [0.1, 0.15) is 17.0 Å². The van der Waals surface area contributed by atoms with E-state index in [0.29, 0.717) is 0 Å². The maximum Gasteiger partial charge on any atom is 0.142 e. The van der Waals surface area contributed by atoms with Gasteiger partial charge in [-0.2, -0.15) is 0 Å². The van der Waals surface area contributed by atoms with Crippen molar-refractivity contribution in [3.8, 4) is 22.0 Å². The van der Waals surface area contributed by atoms with Crippen LogP contribution in [0, 0.1) is 6.92 Å².